The highest BCUT2D eigenvalue weighted by molar-refractivity contribution is 4.93. The molecule has 1 saturated heterocycles. The van der Waals surface area contributed by atoms with Crippen LogP contribution in [0.1, 0.15) is 44.4 Å². The van der Waals surface area contributed by atoms with Gasteiger partial charge in [-0.3, -0.25) is 4.90 Å². The normalized spacial score (nSPS) is 25.8. The molecule has 0 radical (unpaired) electrons. The van der Waals surface area contributed by atoms with Gasteiger partial charge in [0, 0.05) is 18.5 Å². The van der Waals surface area contributed by atoms with Crippen molar-refractivity contribution < 1.29 is 9.15 Å². The van der Waals surface area contributed by atoms with E-state index >= 15 is 0 Å². The Morgan fingerprint density at radius 3 is 2.83 bits per heavy atom. The second kappa shape index (κ2) is 4.97. The SMILES string of the molecule is CC(C)c1nnc(CN2CCOCC2C2CC2)o1. The van der Waals surface area contributed by atoms with Gasteiger partial charge in [-0.05, 0) is 18.8 Å². The van der Waals surface area contributed by atoms with Gasteiger partial charge >= 0.3 is 0 Å². The van der Waals surface area contributed by atoms with Crippen LogP contribution in [0.4, 0.5) is 0 Å². The Balaban J connectivity index is 1.65. The lowest BCUT2D eigenvalue weighted by molar-refractivity contribution is -0.0232. The molecule has 100 valence electrons. The van der Waals surface area contributed by atoms with Gasteiger partial charge in [0.1, 0.15) is 0 Å². The molecule has 0 aromatic carbocycles. The van der Waals surface area contributed by atoms with Gasteiger partial charge in [-0.2, -0.15) is 0 Å². The number of morpholine rings is 1. The second-order valence-electron chi connectivity index (χ2n) is 5.64. The van der Waals surface area contributed by atoms with E-state index in [2.05, 4.69) is 28.9 Å². The average Bonchev–Trinajstić information content (AvgIpc) is 3.09. The van der Waals surface area contributed by atoms with Crippen LogP contribution in [0.2, 0.25) is 0 Å². The first-order valence-electron chi connectivity index (χ1n) is 6.88. The van der Waals surface area contributed by atoms with E-state index in [0.29, 0.717) is 12.0 Å². The lowest BCUT2D eigenvalue weighted by atomic mass is 10.1. The van der Waals surface area contributed by atoms with Gasteiger partial charge in [-0.25, -0.2) is 0 Å². The second-order valence-corrected chi connectivity index (χ2v) is 5.64. The molecule has 1 aliphatic heterocycles. The lowest BCUT2D eigenvalue weighted by Crippen LogP contribution is -2.46. The van der Waals surface area contributed by atoms with Crippen molar-refractivity contribution in [2.75, 3.05) is 19.8 Å². The van der Waals surface area contributed by atoms with E-state index in [0.717, 1.165) is 44.0 Å². The topological polar surface area (TPSA) is 51.4 Å². The van der Waals surface area contributed by atoms with Crippen LogP contribution in [0.5, 0.6) is 0 Å². The summed E-state index contributed by atoms with van der Waals surface area (Å²) >= 11 is 0. The van der Waals surface area contributed by atoms with Crippen LogP contribution in [0.15, 0.2) is 4.42 Å². The molecule has 3 rings (SSSR count). The summed E-state index contributed by atoms with van der Waals surface area (Å²) in [5.74, 6) is 2.60. The molecule has 2 fully saturated rings. The van der Waals surface area contributed by atoms with E-state index in [-0.39, 0.29) is 0 Å². The smallest absolute Gasteiger partial charge is 0.230 e. The summed E-state index contributed by atoms with van der Waals surface area (Å²) in [6, 6.07) is 0.549. The minimum Gasteiger partial charge on any atom is -0.424 e. The van der Waals surface area contributed by atoms with E-state index in [1.54, 1.807) is 0 Å². The summed E-state index contributed by atoms with van der Waals surface area (Å²) in [5.41, 5.74) is 0. The van der Waals surface area contributed by atoms with E-state index < -0.39 is 0 Å². The van der Waals surface area contributed by atoms with Gasteiger partial charge < -0.3 is 9.15 Å². The molecule has 2 aliphatic rings. The Labute approximate surface area is 108 Å². The van der Waals surface area contributed by atoms with Crippen LogP contribution in [-0.4, -0.2) is 40.9 Å². The van der Waals surface area contributed by atoms with Crippen molar-refractivity contribution in [2.45, 2.75) is 45.2 Å². The highest BCUT2D eigenvalue weighted by Gasteiger charge is 2.37. The molecule has 1 saturated carbocycles. The quantitative estimate of drug-likeness (QED) is 0.816. The summed E-state index contributed by atoms with van der Waals surface area (Å²) in [5, 5.41) is 8.24. The predicted molar refractivity (Wildman–Crippen MR) is 66.1 cm³/mol. The molecule has 1 aromatic rings. The maximum Gasteiger partial charge on any atom is 0.230 e. The lowest BCUT2D eigenvalue weighted by Gasteiger charge is -2.34. The Bertz CT molecular complexity index is 401. The summed E-state index contributed by atoms with van der Waals surface area (Å²) in [4.78, 5) is 2.44. The molecule has 0 bridgehead atoms. The van der Waals surface area contributed by atoms with Crippen LogP contribution in [0, 0.1) is 5.92 Å². The van der Waals surface area contributed by atoms with Crippen LogP contribution in [0.3, 0.4) is 0 Å². The minimum atomic E-state index is 0.301. The first-order chi connectivity index (χ1) is 8.74. The van der Waals surface area contributed by atoms with E-state index in [1.807, 2.05) is 0 Å². The number of ether oxygens (including phenoxy) is 1. The first kappa shape index (κ1) is 12.1. The zero-order chi connectivity index (χ0) is 12.5. The molecule has 1 aliphatic carbocycles. The van der Waals surface area contributed by atoms with Crippen molar-refractivity contribution in [1.29, 1.82) is 0 Å². The van der Waals surface area contributed by atoms with Crippen molar-refractivity contribution in [3.8, 4) is 0 Å². The highest BCUT2D eigenvalue weighted by Crippen LogP contribution is 2.37. The maximum absolute atomic E-state index is 5.69. The summed E-state index contributed by atoms with van der Waals surface area (Å²) < 4.78 is 11.3. The molecule has 1 unspecified atom stereocenters. The van der Waals surface area contributed by atoms with E-state index in [1.165, 1.54) is 12.8 Å². The number of aromatic nitrogens is 2. The van der Waals surface area contributed by atoms with Crippen molar-refractivity contribution in [2.24, 2.45) is 5.92 Å². The zero-order valence-electron chi connectivity index (χ0n) is 11.1. The summed E-state index contributed by atoms with van der Waals surface area (Å²) in [6.07, 6.45) is 2.68. The number of rotatable bonds is 4. The fourth-order valence-corrected chi connectivity index (χ4v) is 2.51. The molecule has 0 N–H and O–H groups in total. The molecule has 0 spiro atoms. The molecule has 1 atom stereocenters. The van der Waals surface area contributed by atoms with Gasteiger partial charge in [0.25, 0.3) is 0 Å². The van der Waals surface area contributed by atoms with Crippen LogP contribution in [-0.2, 0) is 11.3 Å². The molecular formula is C13H21N3O2. The fraction of sp³-hybridized carbons (Fsp3) is 0.846. The molecule has 5 heteroatoms. The Morgan fingerprint density at radius 1 is 1.33 bits per heavy atom. The Morgan fingerprint density at radius 2 is 2.17 bits per heavy atom. The number of nitrogens with zero attached hydrogens (tertiary/aromatic N) is 3. The maximum atomic E-state index is 5.69. The van der Waals surface area contributed by atoms with Gasteiger partial charge in [0.2, 0.25) is 11.8 Å². The highest BCUT2D eigenvalue weighted by atomic mass is 16.5. The molecule has 18 heavy (non-hydrogen) atoms. The minimum absolute atomic E-state index is 0.301. The van der Waals surface area contributed by atoms with Crippen molar-refractivity contribution in [3.63, 3.8) is 0 Å². The Hall–Kier alpha value is -0.940. The van der Waals surface area contributed by atoms with E-state index in [9.17, 15) is 0 Å². The van der Waals surface area contributed by atoms with Gasteiger partial charge in [-0.1, -0.05) is 13.8 Å². The van der Waals surface area contributed by atoms with Gasteiger partial charge in [0.15, 0.2) is 0 Å². The van der Waals surface area contributed by atoms with Crippen molar-refractivity contribution >= 4 is 0 Å². The number of hydrogen-bond donors (Lipinski definition) is 0. The zero-order valence-corrected chi connectivity index (χ0v) is 11.1. The summed E-state index contributed by atoms with van der Waals surface area (Å²) in [6.45, 7) is 7.55. The monoisotopic (exact) mass is 251 g/mol. The van der Waals surface area contributed by atoms with Gasteiger partial charge in [0.05, 0.1) is 19.8 Å². The Kier molecular flexibility index (Phi) is 3.35. The largest absolute Gasteiger partial charge is 0.424 e. The predicted octanol–water partition coefficient (Wildman–Crippen LogP) is 1.80. The molecular weight excluding hydrogens is 230 g/mol. The van der Waals surface area contributed by atoms with Crippen LogP contribution in [0.25, 0.3) is 0 Å². The fourth-order valence-electron chi connectivity index (χ4n) is 2.51. The van der Waals surface area contributed by atoms with Crippen LogP contribution < -0.4 is 0 Å². The van der Waals surface area contributed by atoms with Crippen LogP contribution >= 0.6 is 0 Å². The van der Waals surface area contributed by atoms with Gasteiger partial charge in [-0.15, -0.1) is 10.2 Å². The number of hydrogen-bond acceptors (Lipinski definition) is 5. The standard InChI is InChI=1S/C13H21N3O2/c1-9(2)13-15-14-12(18-13)7-16-5-6-17-8-11(16)10-3-4-10/h9-11H,3-8H2,1-2H3. The first-order valence-corrected chi connectivity index (χ1v) is 6.88. The van der Waals surface area contributed by atoms with Crippen molar-refractivity contribution in [3.05, 3.63) is 11.8 Å². The third-order valence-corrected chi connectivity index (χ3v) is 3.76. The third-order valence-electron chi connectivity index (χ3n) is 3.76. The molecule has 5 nitrogen and oxygen atoms in total. The van der Waals surface area contributed by atoms with E-state index in [4.69, 9.17) is 9.15 Å². The molecule has 2 heterocycles. The molecule has 1 aromatic heterocycles. The molecule has 0 amide bonds. The summed E-state index contributed by atoms with van der Waals surface area (Å²) in [7, 11) is 0. The average molecular weight is 251 g/mol. The van der Waals surface area contributed by atoms with Crippen molar-refractivity contribution in [1.82, 2.24) is 15.1 Å². The third kappa shape index (κ3) is 2.57.